The molecule has 0 bridgehead atoms. The maximum Gasteiger partial charge on any atom is 0.222 e. The lowest BCUT2D eigenvalue weighted by Gasteiger charge is -2.03. The molecule has 0 atom stereocenters. The van der Waals surface area contributed by atoms with Crippen molar-refractivity contribution in [1.29, 1.82) is 5.41 Å². The van der Waals surface area contributed by atoms with Crippen LogP contribution in [0.5, 0.6) is 0 Å². The number of fused-ring (bicyclic) bond motifs is 1. The van der Waals surface area contributed by atoms with Gasteiger partial charge in [-0.1, -0.05) is 30.4 Å². The molecule has 2 aromatic rings. The van der Waals surface area contributed by atoms with Crippen molar-refractivity contribution in [3.63, 3.8) is 0 Å². The van der Waals surface area contributed by atoms with E-state index in [0.717, 1.165) is 10.9 Å². The molecule has 0 aliphatic rings. The average molecular weight is 218 g/mol. The van der Waals surface area contributed by atoms with E-state index in [1.165, 1.54) is 0 Å². The summed E-state index contributed by atoms with van der Waals surface area (Å²) >= 11 is 4.84. The Morgan fingerprint density at radius 2 is 2.20 bits per heavy atom. The average Bonchev–Trinajstić information content (AvgIpc) is 2.18. The van der Waals surface area contributed by atoms with Crippen LogP contribution in [0.25, 0.3) is 11.0 Å². The van der Waals surface area contributed by atoms with Crippen LogP contribution in [0.15, 0.2) is 28.7 Å². The fourth-order valence-electron chi connectivity index (χ4n) is 1.49. The minimum Gasteiger partial charge on any atom is -0.438 e. The van der Waals surface area contributed by atoms with Crippen LogP contribution in [0.4, 0.5) is 0 Å². The van der Waals surface area contributed by atoms with Crippen molar-refractivity contribution in [3.8, 4) is 0 Å². The van der Waals surface area contributed by atoms with Crippen LogP contribution in [0.3, 0.4) is 0 Å². The standard InChI is InChI=1S/C11H10N2OS/c1-6-3-2-4-7-5-8(11(13)15)10(12)14-9(6)7/h2-5,12H,1H3,(H2,13,15). The quantitative estimate of drug-likeness (QED) is 0.718. The maximum atomic E-state index is 7.65. The second-order valence-corrected chi connectivity index (χ2v) is 3.79. The summed E-state index contributed by atoms with van der Waals surface area (Å²) in [4.78, 5) is 0.187. The predicted molar refractivity (Wildman–Crippen MR) is 62.7 cm³/mol. The first-order valence-electron chi connectivity index (χ1n) is 4.47. The maximum absolute atomic E-state index is 7.65. The van der Waals surface area contributed by atoms with Gasteiger partial charge in [0, 0.05) is 5.39 Å². The third-order valence-electron chi connectivity index (χ3n) is 2.26. The molecule has 0 saturated carbocycles. The van der Waals surface area contributed by atoms with Gasteiger partial charge >= 0.3 is 0 Å². The molecule has 0 amide bonds. The molecular weight excluding hydrogens is 208 g/mol. The third kappa shape index (κ3) is 1.64. The summed E-state index contributed by atoms with van der Waals surface area (Å²) in [5, 5.41) is 8.56. The van der Waals surface area contributed by atoms with Crippen LogP contribution in [0.1, 0.15) is 11.1 Å². The molecule has 0 spiro atoms. The van der Waals surface area contributed by atoms with Crippen molar-refractivity contribution in [2.75, 3.05) is 0 Å². The summed E-state index contributed by atoms with van der Waals surface area (Å²) in [6.45, 7) is 1.94. The molecule has 0 radical (unpaired) electrons. The number of hydrogen-bond donors (Lipinski definition) is 2. The Kier molecular flexibility index (Phi) is 2.28. The first kappa shape index (κ1) is 9.86. The highest BCUT2D eigenvalue weighted by Crippen LogP contribution is 2.16. The molecule has 2 rings (SSSR count). The van der Waals surface area contributed by atoms with Gasteiger partial charge in [0.15, 0.2) is 0 Å². The lowest BCUT2D eigenvalue weighted by molar-refractivity contribution is 0.529. The van der Waals surface area contributed by atoms with Gasteiger partial charge in [0.1, 0.15) is 10.6 Å². The highest BCUT2D eigenvalue weighted by Gasteiger charge is 2.06. The Morgan fingerprint density at radius 3 is 2.87 bits per heavy atom. The number of para-hydroxylation sites is 1. The van der Waals surface area contributed by atoms with Crippen molar-refractivity contribution < 1.29 is 4.42 Å². The number of nitrogens with two attached hydrogens (primary N) is 1. The van der Waals surface area contributed by atoms with E-state index in [1.807, 2.05) is 25.1 Å². The fraction of sp³-hybridized carbons (Fsp3) is 0.0909. The van der Waals surface area contributed by atoms with Crippen molar-refractivity contribution >= 4 is 28.2 Å². The Morgan fingerprint density at radius 1 is 1.47 bits per heavy atom. The van der Waals surface area contributed by atoms with Gasteiger partial charge in [-0.05, 0) is 18.6 Å². The summed E-state index contributed by atoms with van der Waals surface area (Å²) in [7, 11) is 0. The number of benzene rings is 1. The Balaban J connectivity index is 2.88. The number of nitrogens with one attached hydrogen (secondary N) is 1. The summed E-state index contributed by atoms with van der Waals surface area (Å²) in [5.74, 6) is 0. The summed E-state index contributed by atoms with van der Waals surface area (Å²) < 4.78 is 5.38. The van der Waals surface area contributed by atoms with Crippen molar-refractivity contribution in [2.45, 2.75) is 6.92 Å². The largest absolute Gasteiger partial charge is 0.438 e. The molecule has 76 valence electrons. The van der Waals surface area contributed by atoms with Crippen molar-refractivity contribution in [2.24, 2.45) is 5.73 Å². The highest BCUT2D eigenvalue weighted by atomic mass is 32.1. The van der Waals surface area contributed by atoms with Crippen LogP contribution in [0, 0.1) is 12.3 Å². The molecule has 15 heavy (non-hydrogen) atoms. The van der Waals surface area contributed by atoms with E-state index in [9.17, 15) is 0 Å². The molecule has 0 aliphatic carbocycles. The lowest BCUT2D eigenvalue weighted by Crippen LogP contribution is -2.19. The summed E-state index contributed by atoms with van der Waals surface area (Å²) in [5.41, 5.74) is 7.69. The van der Waals surface area contributed by atoms with Crippen LogP contribution in [-0.2, 0) is 0 Å². The number of thiocarbonyl (C=S) groups is 1. The van der Waals surface area contributed by atoms with E-state index < -0.39 is 0 Å². The smallest absolute Gasteiger partial charge is 0.222 e. The van der Waals surface area contributed by atoms with Crippen LogP contribution in [-0.4, -0.2) is 4.99 Å². The lowest BCUT2D eigenvalue weighted by atomic mass is 10.1. The van der Waals surface area contributed by atoms with Gasteiger partial charge in [-0.15, -0.1) is 0 Å². The monoisotopic (exact) mass is 218 g/mol. The SMILES string of the molecule is Cc1cccc2cc(C(N)=S)c(=N)oc12. The van der Waals surface area contributed by atoms with Crippen molar-refractivity contribution in [1.82, 2.24) is 0 Å². The summed E-state index contributed by atoms with van der Waals surface area (Å²) in [6.07, 6.45) is 0. The second kappa shape index (κ2) is 3.47. The number of rotatable bonds is 1. The molecule has 4 heteroatoms. The van der Waals surface area contributed by atoms with Gasteiger partial charge in [0.25, 0.3) is 0 Å². The topological polar surface area (TPSA) is 63.0 Å². The van der Waals surface area contributed by atoms with Crippen LogP contribution >= 0.6 is 12.2 Å². The van der Waals surface area contributed by atoms with E-state index in [4.69, 9.17) is 27.8 Å². The van der Waals surface area contributed by atoms with Gasteiger partial charge in [0.2, 0.25) is 5.55 Å². The minimum atomic E-state index is 0.0179. The molecule has 0 unspecified atom stereocenters. The Hall–Kier alpha value is -1.68. The summed E-state index contributed by atoms with van der Waals surface area (Å²) in [6, 6.07) is 7.56. The molecule has 3 nitrogen and oxygen atoms in total. The predicted octanol–water partition coefficient (Wildman–Crippen LogP) is 1.85. The normalized spacial score (nSPS) is 10.5. The van der Waals surface area contributed by atoms with E-state index in [1.54, 1.807) is 6.07 Å². The number of hydrogen-bond acceptors (Lipinski definition) is 3. The van der Waals surface area contributed by atoms with E-state index >= 15 is 0 Å². The molecule has 1 aromatic heterocycles. The number of aryl methyl sites for hydroxylation is 1. The first-order chi connectivity index (χ1) is 7.09. The minimum absolute atomic E-state index is 0.0179. The van der Waals surface area contributed by atoms with Gasteiger partial charge in [-0.3, -0.25) is 5.41 Å². The molecule has 0 aliphatic heterocycles. The highest BCUT2D eigenvalue weighted by molar-refractivity contribution is 7.80. The Labute approximate surface area is 92.0 Å². The molecule has 1 aromatic carbocycles. The van der Waals surface area contributed by atoms with Gasteiger partial charge in [0.05, 0.1) is 5.56 Å². The van der Waals surface area contributed by atoms with Crippen molar-refractivity contribution in [3.05, 3.63) is 40.9 Å². The van der Waals surface area contributed by atoms with E-state index in [-0.39, 0.29) is 10.5 Å². The fourth-order valence-corrected chi connectivity index (χ4v) is 1.64. The molecule has 0 saturated heterocycles. The van der Waals surface area contributed by atoms with Crippen LogP contribution in [0.2, 0.25) is 0 Å². The van der Waals surface area contributed by atoms with Gasteiger partial charge < -0.3 is 10.2 Å². The van der Waals surface area contributed by atoms with E-state index in [2.05, 4.69) is 0 Å². The molecule has 0 fully saturated rings. The van der Waals surface area contributed by atoms with Gasteiger partial charge in [-0.2, -0.15) is 0 Å². The zero-order valence-electron chi connectivity index (χ0n) is 8.20. The molecule has 1 heterocycles. The zero-order chi connectivity index (χ0) is 11.0. The Bertz CT molecular complexity index is 601. The molecular formula is C11H10N2OS. The molecule has 3 N–H and O–H groups in total. The van der Waals surface area contributed by atoms with Crippen LogP contribution < -0.4 is 11.3 Å². The zero-order valence-corrected chi connectivity index (χ0v) is 9.02. The first-order valence-corrected chi connectivity index (χ1v) is 4.88. The second-order valence-electron chi connectivity index (χ2n) is 3.35. The van der Waals surface area contributed by atoms with Gasteiger partial charge in [-0.25, -0.2) is 0 Å². The third-order valence-corrected chi connectivity index (χ3v) is 2.48. The van der Waals surface area contributed by atoms with E-state index in [0.29, 0.717) is 11.1 Å².